The Bertz CT molecular complexity index is 1500. The number of carbonyl (C=O) groups excluding carboxylic acids is 1. The van der Waals surface area contributed by atoms with Crippen molar-refractivity contribution in [2.24, 2.45) is 0 Å². The lowest BCUT2D eigenvalue weighted by molar-refractivity contribution is 0.101. The maximum atomic E-state index is 13.3. The number of hydrogen-bond acceptors (Lipinski definition) is 4. The molecule has 0 saturated carbocycles. The van der Waals surface area contributed by atoms with Gasteiger partial charge in [-0.05, 0) is 36.3 Å². The zero-order chi connectivity index (χ0) is 21.4. The van der Waals surface area contributed by atoms with E-state index in [1.165, 1.54) is 6.07 Å². The third-order valence-electron chi connectivity index (χ3n) is 5.29. The fourth-order valence-electron chi connectivity index (χ4n) is 3.78. The fourth-order valence-corrected chi connectivity index (χ4v) is 3.78. The number of rotatable bonds is 4. The van der Waals surface area contributed by atoms with Crippen LogP contribution in [0.15, 0.2) is 92.5 Å². The number of benzene rings is 3. The standard InChI is InChI=1S/C27H18O4/c1-17-16-23(28)31-26-20(17)14-15-22-24(26)21(13-12-18-8-4-2-5-9-18)27(30-22)25(29)19-10-6-3-7-11-19/h2-16H,1H3/b13-12+. The Morgan fingerprint density at radius 2 is 1.55 bits per heavy atom. The van der Waals surface area contributed by atoms with E-state index in [0.29, 0.717) is 27.7 Å². The van der Waals surface area contributed by atoms with E-state index in [-0.39, 0.29) is 11.5 Å². The van der Waals surface area contributed by atoms with Crippen LogP contribution in [0.1, 0.15) is 32.8 Å². The van der Waals surface area contributed by atoms with E-state index in [1.54, 1.807) is 12.1 Å². The second-order valence-corrected chi connectivity index (χ2v) is 7.35. The van der Waals surface area contributed by atoms with Gasteiger partial charge in [-0.1, -0.05) is 66.7 Å². The molecule has 0 aliphatic rings. The van der Waals surface area contributed by atoms with E-state index in [0.717, 1.165) is 16.5 Å². The van der Waals surface area contributed by atoms with Gasteiger partial charge in [0.1, 0.15) is 11.2 Å². The summed E-state index contributed by atoms with van der Waals surface area (Å²) < 4.78 is 11.6. The summed E-state index contributed by atoms with van der Waals surface area (Å²) in [5.74, 6) is -0.0160. The van der Waals surface area contributed by atoms with Gasteiger partial charge in [0.25, 0.3) is 0 Å². The van der Waals surface area contributed by atoms with Gasteiger partial charge in [-0.25, -0.2) is 4.79 Å². The molecule has 31 heavy (non-hydrogen) atoms. The second kappa shape index (κ2) is 7.58. The summed E-state index contributed by atoms with van der Waals surface area (Å²) >= 11 is 0. The van der Waals surface area contributed by atoms with E-state index in [1.807, 2.05) is 79.7 Å². The zero-order valence-electron chi connectivity index (χ0n) is 16.8. The Morgan fingerprint density at radius 1 is 0.839 bits per heavy atom. The Morgan fingerprint density at radius 3 is 2.29 bits per heavy atom. The maximum Gasteiger partial charge on any atom is 0.336 e. The molecule has 0 fully saturated rings. The van der Waals surface area contributed by atoms with Crippen molar-refractivity contribution < 1.29 is 13.6 Å². The van der Waals surface area contributed by atoms with Crippen molar-refractivity contribution >= 4 is 39.9 Å². The topological polar surface area (TPSA) is 60.4 Å². The highest BCUT2D eigenvalue weighted by Gasteiger charge is 2.23. The van der Waals surface area contributed by atoms with Gasteiger partial charge in [0.2, 0.25) is 5.78 Å². The molecule has 0 spiro atoms. The van der Waals surface area contributed by atoms with Crippen LogP contribution in [0, 0.1) is 6.92 Å². The summed E-state index contributed by atoms with van der Waals surface area (Å²) in [5.41, 5.74) is 3.38. The van der Waals surface area contributed by atoms with Gasteiger partial charge in [-0.15, -0.1) is 0 Å². The number of carbonyl (C=O) groups is 1. The Balaban J connectivity index is 1.82. The summed E-state index contributed by atoms with van der Waals surface area (Å²) in [7, 11) is 0. The zero-order valence-corrected chi connectivity index (χ0v) is 16.8. The van der Waals surface area contributed by atoms with E-state index < -0.39 is 5.63 Å². The number of fused-ring (bicyclic) bond motifs is 3. The van der Waals surface area contributed by atoms with Gasteiger partial charge in [0, 0.05) is 22.6 Å². The monoisotopic (exact) mass is 406 g/mol. The summed E-state index contributed by atoms with van der Waals surface area (Å²) in [5, 5.41) is 1.42. The molecule has 0 bridgehead atoms. The van der Waals surface area contributed by atoms with Crippen molar-refractivity contribution in [3.63, 3.8) is 0 Å². The molecule has 0 aliphatic carbocycles. The van der Waals surface area contributed by atoms with Crippen molar-refractivity contribution in [3.8, 4) is 0 Å². The first kappa shape index (κ1) is 18.8. The number of hydrogen-bond donors (Lipinski definition) is 0. The van der Waals surface area contributed by atoms with E-state index >= 15 is 0 Å². The van der Waals surface area contributed by atoms with Crippen molar-refractivity contribution in [3.05, 3.63) is 117 Å². The van der Waals surface area contributed by atoms with Gasteiger partial charge < -0.3 is 8.83 Å². The minimum Gasteiger partial charge on any atom is -0.452 e. The first-order chi connectivity index (χ1) is 15.1. The molecule has 0 radical (unpaired) electrons. The molecular weight excluding hydrogens is 388 g/mol. The normalized spacial score (nSPS) is 11.5. The summed E-state index contributed by atoms with van der Waals surface area (Å²) in [4.78, 5) is 25.4. The van der Waals surface area contributed by atoms with Crippen LogP contribution >= 0.6 is 0 Å². The van der Waals surface area contributed by atoms with Crippen LogP contribution in [0.25, 0.3) is 34.1 Å². The van der Waals surface area contributed by atoms with Gasteiger partial charge >= 0.3 is 5.63 Å². The molecule has 2 aromatic heterocycles. The summed E-state index contributed by atoms with van der Waals surface area (Å²) in [6.07, 6.45) is 3.76. The van der Waals surface area contributed by atoms with E-state index in [4.69, 9.17) is 8.83 Å². The lowest BCUT2D eigenvalue weighted by Gasteiger charge is -2.02. The first-order valence-corrected chi connectivity index (χ1v) is 9.94. The highest BCUT2D eigenvalue weighted by Crippen LogP contribution is 2.35. The molecule has 5 aromatic rings. The van der Waals surface area contributed by atoms with Crippen molar-refractivity contribution in [1.82, 2.24) is 0 Å². The number of aryl methyl sites for hydroxylation is 1. The molecule has 0 aliphatic heterocycles. The molecule has 0 amide bonds. The minimum atomic E-state index is -0.437. The van der Waals surface area contributed by atoms with E-state index in [2.05, 4.69) is 0 Å². The summed E-state index contributed by atoms with van der Waals surface area (Å²) in [6, 6.07) is 23.9. The highest BCUT2D eigenvalue weighted by molar-refractivity contribution is 6.17. The molecule has 0 N–H and O–H groups in total. The average molecular weight is 406 g/mol. The molecule has 5 rings (SSSR count). The first-order valence-electron chi connectivity index (χ1n) is 9.94. The Labute approximate surface area is 178 Å². The predicted octanol–water partition coefficient (Wildman–Crippen LogP) is 6.25. The van der Waals surface area contributed by atoms with Crippen LogP contribution in [0.2, 0.25) is 0 Å². The number of ketones is 1. The quantitative estimate of drug-likeness (QED) is 0.261. The second-order valence-electron chi connectivity index (χ2n) is 7.35. The number of furan rings is 1. The van der Waals surface area contributed by atoms with Crippen LogP contribution in [-0.4, -0.2) is 5.78 Å². The minimum absolute atomic E-state index is 0.213. The van der Waals surface area contributed by atoms with Crippen molar-refractivity contribution in [2.45, 2.75) is 6.92 Å². The Hall–Kier alpha value is -4.18. The van der Waals surface area contributed by atoms with Crippen LogP contribution in [-0.2, 0) is 0 Å². The predicted molar refractivity (Wildman–Crippen MR) is 122 cm³/mol. The molecule has 150 valence electrons. The molecule has 3 aromatic carbocycles. The average Bonchev–Trinajstić information content (AvgIpc) is 3.17. The van der Waals surface area contributed by atoms with Crippen LogP contribution in [0.5, 0.6) is 0 Å². The lowest BCUT2D eigenvalue weighted by atomic mass is 10.0. The molecule has 2 heterocycles. The SMILES string of the molecule is Cc1cc(=O)oc2c1ccc1oc(C(=O)c3ccccc3)c(/C=C/c3ccccc3)c12. The van der Waals surface area contributed by atoms with Gasteiger partial charge in [0.05, 0.1) is 5.39 Å². The van der Waals surface area contributed by atoms with E-state index in [9.17, 15) is 9.59 Å². The largest absolute Gasteiger partial charge is 0.452 e. The smallest absolute Gasteiger partial charge is 0.336 e. The van der Waals surface area contributed by atoms with Gasteiger partial charge in [-0.3, -0.25) is 4.79 Å². The molecule has 0 unspecified atom stereocenters. The van der Waals surface area contributed by atoms with Crippen LogP contribution in [0.3, 0.4) is 0 Å². The molecular formula is C27H18O4. The van der Waals surface area contributed by atoms with Crippen molar-refractivity contribution in [2.75, 3.05) is 0 Å². The molecule has 0 saturated heterocycles. The fraction of sp³-hybridized carbons (Fsp3) is 0.0370. The van der Waals surface area contributed by atoms with Crippen LogP contribution < -0.4 is 5.63 Å². The highest BCUT2D eigenvalue weighted by atomic mass is 16.4. The molecule has 4 heteroatoms. The van der Waals surface area contributed by atoms with Gasteiger partial charge in [0.15, 0.2) is 5.76 Å². The van der Waals surface area contributed by atoms with Gasteiger partial charge in [-0.2, -0.15) is 0 Å². The third-order valence-corrected chi connectivity index (χ3v) is 5.29. The van der Waals surface area contributed by atoms with Crippen molar-refractivity contribution in [1.29, 1.82) is 0 Å². The maximum absolute atomic E-state index is 13.3. The third kappa shape index (κ3) is 3.38. The van der Waals surface area contributed by atoms with Crippen LogP contribution in [0.4, 0.5) is 0 Å². The molecule has 0 atom stereocenters. The Kier molecular flexibility index (Phi) is 4.60. The summed E-state index contributed by atoms with van der Waals surface area (Å²) in [6.45, 7) is 1.86. The lowest BCUT2D eigenvalue weighted by Crippen LogP contribution is -2.01. The molecule has 4 nitrogen and oxygen atoms in total.